The zero-order chi connectivity index (χ0) is 14.0. The minimum absolute atomic E-state index is 0.344. The topological polar surface area (TPSA) is 78.1 Å². The number of nitrogens with one attached hydrogen (secondary N) is 2. The summed E-state index contributed by atoms with van der Waals surface area (Å²) in [5, 5.41) is 9.82. The van der Waals surface area contributed by atoms with Gasteiger partial charge in [0, 0.05) is 19.6 Å². The Hall–Kier alpha value is -0.920. The first-order chi connectivity index (χ1) is 8.96. The van der Waals surface area contributed by atoms with Gasteiger partial charge >= 0.3 is 0 Å². The van der Waals surface area contributed by atoms with Crippen molar-refractivity contribution in [3.05, 3.63) is 11.4 Å². The number of H-pyrrole nitrogens is 1. The van der Waals surface area contributed by atoms with Crippen molar-refractivity contribution in [2.45, 2.75) is 38.1 Å². The monoisotopic (exact) mass is 286 g/mol. The second kappa shape index (κ2) is 5.60. The molecule has 2 rings (SSSR count). The molecular formula is C12H22N4O2S. The molecule has 1 aliphatic heterocycles. The number of piperidine rings is 1. The van der Waals surface area contributed by atoms with E-state index in [4.69, 9.17) is 0 Å². The number of aromatic amines is 1. The molecule has 0 spiro atoms. The van der Waals surface area contributed by atoms with Crippen LogP contribution in [0.4, 0.5) is 0 Å². The summed E-state index contributed by atoms with van der Waals surface area (Å²) in [6.45, 7) is 5.58. The van der Waals surface area contributed by atoms with E-state index in [1.54, 1.807) is 18.3 Å². The molecule has 1 aliphatic rings. The van der Waals surface area contributed by atoms with Gasteiger partial charge in [0.15, 0.2) is 0 Å². The molecule has 1 aromatic heterocycles. The van der Waals surface area contributed by atoms with Crippen LogP contribution >= 0.6 is 0 Å². The molecule has 1 fully saturated rings. The highest BCUT2D eigenvalue weighted by atomic mass is 32.2. The van der Waals surface area contributed by atoms with Gasteiger partial charge in [0.2, 0.25) is 10.0 Å². The van der Waals surface area contributed by atoms with Gasteiger partial charge in [0.05, 0.1) is 11.4 Å². The summed E-state index contributed by atoms with van der Waals surface area (Å²) in [6, 6.07) is 0. The first kappa shape index (κ1) is 14.5. The SMILES string of the molecule is CNCc1n[nH]c(C)c1S(=O)(=O)N1CCC(C)CC1. The molecular weight excluding hydrogens is 264 g/mol. The maximum atomic E-state index is 12.7. The average Bonchev–Trinajstić information content (AvgIpc) is 2.72. The van der Waals surface area contributed by atoms with Crippen molar-refractivity contribution >= 4 is 10.0 Å². The molecule has 6 nitrogen and oxygen atoms in total. The molecule has 2 heterocycles. The van der Waals surface area contributed by atoms with E-state index in [0.29, 0.717) is 41.8 Å². The summed E-state index contributed by atoms with van der Waals surface area (Å²) in [5.41, 5.74) is 1.18. The number of aryl methyl sites for hydroxylation is 1. The number of hydrogen-bond donors (Lipinski definition) is 2. The van der Waals surface area contributed by atoms with Gasteiger partial charge in [0.25, 0.3) is 0 Å². The van der Waals surface area contributed by atoms with Gasteiger partial charge in [-0.05, 0) is 32.7 Å². The number of nitrogens with zero attached hydrogens (tertiary/aromatic N) is 2. The zero-order valence-electron chi connectivity index (χ0n) is 11.7. The Morgan fingerprint density at radius 2 is 2.05 bits per heavy atom. The molecule has 0 atom stereocenters. The number of rotatable bonds is 4. The lowest BCUT2D eigenvalue weighted by Gasteiger charge is -2.29. The zero-order valence-corrected chi connectivity index (χ0v) is 12.5. The molecule has 1 saturated heterocycles. The maximum Gasteiger partial charge on any atom is 0.246 e. The Morgan fingerprint density at radius 1 is 1.42 bits per heavy atom. The molecule has 0 saturated carbocycles. The van der Waals surface area contributed by atoms with Crippen LogP contribution in [0.2, 0.25) is 0 Å². The summed E-state index contributed by atoms with van der Waals surface area (Å²) in [7, 11) is -1.65. The molecule has 0 aromatic carbocycles. The summed E-state index contributed by atoms with van der Waals surface area (Å²) in [4.78, 5) is 0.344. The lowest BCUT2D eigenvalue weighted by atomic mass is 10.0. The molecule has 19 heavy (non-hydrogen) atoms. The summed E-state index contributed by atoms with van der Waals surface area (Å²) in [6.07, 6.45) is 1.86. The van der Waals surface area contributed by atoms with E-state index in [0.717, 1.165) is 12.8 Å². The molecule has 1 aromatic rings. The minimum Gasteiger partial charge on any atom is -0.314 e. The number of hydrogen-bond acceptors (Lipinski definition) is 4. The summed E-state index contributed by atoms with van der Waals surface area (Å²) >= 11 is 0. The first-order valence-corrected chi connectivity index (χ1v) is 8.09. The lowest BCUT2D eigenvalue weighted by molar-refractivity contribution is 0.287. The number of aromatic nitrogens is 2. The number of sulfonamides is 1. The highest BCUT2D eigenvalue weighted by Gasteiger charge is 2.32. The van der Waals surface area contributed by atoms with Crippen LogP contribution in [-0.2, 0) is 16.6 Å². The van der Waals surface area contributed by atoms with Gasteiger partial charge in [-0.15, -0.1) is 0 Å². The van der Waals surface area contributed by atoms with E-state index in [1.165, 1.54) is 0 Å². The third kappa shape index (κ3) is 2.82. The van der Waals surface area contributed by atoms with E-state index >= 15 is 0 Å². The van der Waals surface area contributed by atoms with Gasteiger partial charge in [-0.25, -0.2) is 8.42 Å². The Balaban J connectivity index is 2.31. The first-order valence-electron chi connectivity index (χ1n) is 6.65. The van der Waals surface area contributed by atoms with Gasteiger partial charge < -0.3 is 5.32 Å². The van der Waals surface area contributed by atoms with E-state index in [1.807, 2.05) is 0 Å². The maximum absolute atomic E-state index is 12.7. The van der Waals surface area contributed by atoms with Gasteiger partial charge in [-0.1, -0.05) is 6.92 Å². The lowest BCUT2D eigenvalue weighted by Crippen LogP contribution is -2.38. The second-order valence-electron chi connectivity index (χ2n) is 5.24. The fraction of sp³-hybridized carbons (Fsp3) is 0.750. The Labute approximate surface area is 114 Å². The molecule has 0 radical (unpaired) electrons. The van der Waals surface area contributed by atoms with Crippen molar-refractivity contribution in [2.24, 2.45) is 5.92 Å². The van der Waals surface area contributed by atoms with Crippen LogP contribution in [0.5, 0.6) is 0 Å². The fourth-order valence-electron chi connectivity index (χ4n) is 2.45. The Morgan fingerprint density at radius 3 is 2.63 bits per heavy atom. The van der Waals surface area contributed by atoms with Crippen LogP contribution in [0.3, 0.4) is 0 Å². The van der Waals surface area contributed by atoms with Crippen molar-refractivity contribution in [3.8, 4) is 0 Å². The highest BCUT2D eigenvalue weighted by Crippen LogP contribution is 2.26. The second-order valence-corrected chi connectivity index (χ2v) is 7.12. The third-order valence-electron chi connectivity index (χ3n) is 3.65. The molecule has 0 amide bonds. The van der Waals surface area contributed by atoms with Crippen LogP contribution in [0.25, 0.3) is 0 Å². The molecule has 0 aliphatic carbocycles. The van der Waals surface area contributed by atoms with Crippen molar-refractivity contribution in [2.75, 3.05) is 20.1 Å². The third-order valence-corrected chi connectivity index (χ3v) is 5.75. The quantitative estimate of drug-likeness (QED) is 0.860. The average molecular weight is 286 g/mol. The fourth-order valence-corrected chi connectivity index (χ4v) is 4.25. The minimum atomic E-state index is -3.43. The van der Waals surface area contributed by atoms with Crippen molar-refractivity contribution in [3.63, 3.8) is 0 Å². The molecule has 108 valence electrons. The predicted molar refractivity (Wildman–Crippen MR) is 73.2 cm³/mol. The van der Waals surface area contributed by atoms with Crippen LogP contribution in [0.1, 0.15) is 31.2 Å². The molecule has 7 heteroatoms. The van der Waals surface area contributed by atoms with Crippen LogP contribution < -0.4 is 5.32 Å². The van der Waals surface area contributed by atoms with E-state index in [-0.39, 0.29) is 0 Å². The standard InChI is InChI=1S/C12H22N4O2S/c1-9-4-6-16(7-5-9)19(17,18)12-10(2)14-15-11(12)8-13-3/h9,13H,4-8H2,1-3H3,(H,14,15). The van der Waals surface area contributed by atoms with E-state index < -0.39 is 10.0 Å². The van der Waals surface area contributed by atoms with Gasteiger partial charge in [-0.2, -0.15) is 9.40 Å². The summed E-state index contributed by atoms with van der Waals surface area (Å²) in [5.74, 6) is 0.605. The molecule has 0 unspecified atom stereocenters. The van der Waals surface area contributed by atoms with E-state index in [2.05, 4.69) is 22.4 Å². The highest BCUT2D eigenvalue weighted by molar-refractivity contribution is 7.89. The summed E-state index contributed by atoms with van der Waals surface area (Å²) < 4.78 is 27.0. The smallest absolute Gasteiger partial charge is 0.246 e. The Kier molecular flexibility index (Phi) is 4.27. The largest absolute Gasteiger partial charge is 0.314 e. The van der Waals surface area contributed by atoms with Crippen molar-refractivity contribution in [1.29, 1.82) is 0 Å². The van der Waals surface area contributed by atoms with Crippen LogP contribution in [-0.4, -0.2) is 43.1 Å². The molecule has 0 bridgehead atoms. The Bertz CT molecular complexity index is 530. The van der Waals surface area contributed by atoms with E-state index in [9.17, 15) is 8.42 Å². The van der Waals surface area contributed by atoms with Gasteiger partial charge in [-0.3, -0.25) is 5.10 Å². The van der Waals surface area contributed by atoms with Crippen LogP contribution in [0.15, 0.2) is 4.90 Å². The van der Waals surface area contributed by atoms with Crippen molar-refractivity contribution < 1.29 is 8.42 Å². The predicted octanol–water partition coefficient (Wildman–Crippen LogP) is 0.858. The van der Waals surface area contributed by atoms with Crippen LogP contribution in [0, 0.1) is 12.8 Å². The molecule has 2 N–H and O–H groups in total. The van der Waals surface area contributed by atoms with Crippen molar-refractivity contribution in [1.82, 2.24) is 19.8 Å². The van der Waals surface area contributed by atoms with Gasteiger partial charge in [0.1, 0.15) is 4.90 Å². The normalized spacial score (nSPS) is 18.9.